The summed E-state index contributed by atoms with van der Waals surface area (Å²) < 4.78 is 0. The first kappa shape index (κ1) is 32.8. The highest BCUT2D eigenvalue weighted by atomic mass is 16.1. The standard InChI is InChI=1S/C31H44N4O.C2H6.2H2/c1-9-26(13-11-22(5)27-14-15-27)17-31(36)35-28-16-12-23(6)29(18-28)25(8)34-24(7)19-33-30(21(3)4)20-32-10-2;1-2;;/h9,11-13,16,18-20,24-25,27,32,34H,1,3,10,14-15,17H2,2,4-8H3,(H,35,36);1-2H3;2*1H/b22-11+,26-13+,30-20+,33-19?;;;/t24?,25-;;;/m0.../s1. The Balaban J connectivity index is 0. The zero-order chi connectivity index (χ0) is 28.7. The molecule has 1 saturated carbocycles. The van der Waals surface area contributed by atoms with Crippen LogP contribution in [0.2, 0.25) is 0 Å². The van der Waals surface area contributed by atoms with E-state index in [4.69, 9.17) is 0 Å². The number of rotatable bonds is 14. The summed E-state index contributed by atoms with van der Waals surface area (Å²) in [6, 6.07) is 6.18. The molecule has 0 saturated heterocycles. The van der Waals surface area contributed by atoms with Crippen LogP contribution in [0, 0.1) is 12.8 Å². The lowest BCUT2D eigenvalue weighted by Gasteiger charge is -2.20. The van der Waals surface area contributed by atoms with Gasteiger partial charge in [-0.1, -0.05) is 56.9 Å². The third kappa shape index (κ3) is 11.9. The lowest BCUT2D eigenvalue weighted by Crippen LogP contribution is -2.30. The number of hydrogen-bond donors (Lipinski definition) is 3. The van der Waals surface area contributed by atoms with Crippen LogP contribution in [-0.2, 0) is 4.79 Å². The Kier molecular flexibility index (Phi) is 15.0. The van der Waals surface area contributed by atoms with Gasteiger partial charge in [0.25, 0.3) is 0 Å². The zero-order valence-corrected chi connectivity index (χ0v) is 24.9. The molecule has 1 amide bonds. The minimum atomic E-state index is -0.0469. The van der Waals surface area contributed by atoms with Gasteiger partial charge in [0.2, 0.25) is 5.91 Å². The normalized spacial score (nSPS) is 15.8. The highest BCUT2D eigenvalue weighted by molar-refractivity contribution is 5.92. The maximum Gasteiger partial charge on any atom is 0.228 e. The van der Waals surface area contributed by atoms with Crippen molar-refractivity contribution in [2.75, 3.05) is 11.9 Å². The van der Waals surface area contributed by atoms with E-state index in [-0.39, 0.29) is 20.8 Å². The first-order valence-corrected chi connectivity index (χ1v) is 13.9. The van der Waals surface area contributed by atoms with E-state index in [0.29, 0.717) is 6.42 Å². The fraction of sp³-hybridized carbons (Fsp3) is 0.455. The molecule has 0 radical (unpaired) electrons. The van der Waals surface area contributed by atoms with Gasteiger partial charge in [-0.15, -0.1) is 0 Å². The molecular formula is C33H54N4O. The number of hydrogen-bond acceptors (Lipinski definition) is 4. The summed E-state index contributed by atoms with van der Waals surface area (Å²) in [5.74, 6) is 0.675. The summed E-state index contributed by atoms with van der Waals surface area (Å²) in [5.41, 5.74) is 7.14. The quantitative estimate of drug-likeness (QED) is 0.170. The van der Waals surface area contributed by atoms with E-state index in [2.05, 4.69) is 67.9 Å². The van der Waals surface area contributed by atoms with Crippen LogP contribution >= 0.6 is 0 Å². The fourth-order valence-electron chi connectivity index (χ4n) is 3.88. The van der Waals surface area contributed by atoms with Crippen LogP contribution in [0.1, 0.15) is 87.8 Å². The molecule has 2 atom stereocenters. The van der Waals surface area contributed by atoms with E-state index in [1.807, 2.05) is 64.4 Å². The maximum atomic E-state index is 12.7. The van der Waals surface area contributed by atoms with E-state index < -0.39 is 0 Å². The van der Waals surface area contributed by atoms with Crippen molar-refractivity contribution in [3.63, 3.8) is 0 Å². The van der Waals surface area contributed by atoms with Crippen LogP contribution < -0.4 is 16.0 Å². The van der Waals surface area contributed by atoms with Gasteiger partial charge < -0.3 is 16.0 Å². The second-order valence-electron chi connectivity index (χ2n) is 9.75. The summed E-state index contributed by atoms with van der Waals surface area (Å²) in [5, 5.41) is 9.81. The highest BCUT2D eigenvalue weighted by Crippen LogP contribution is 2.36. The minimum absolute atomic E-state index is 0. The molecule has 1 aliphatic carbocycles. The molecule has 212 valence electrons. The van der Waals surface area contributed by atoms with Gasteiger partial charge in [-0.2, -0.15) is 0 Å². The van der Waals surface area contributed by atoms with Gasteiger partial charge in [-0.3, -0.25) is 9.79 Å². The molecule has 5 heteroatoms. The van der Waals surface area contributed by atoms with Gasteiger partial charge in [-0.25, -0.2) is 0 Å². The van der Waals surface area contributed by atoms with Gasteiger partial charge in [0.1, 0.15) is 0 Å². The van der Waals surface area contributed by atoms with Crippen molar-refractivity contribution in [2.24, 2.45) is 10.9 Å². The van der Waals surface area contributed by atoms with Gasteiger partial charge in [0, 0.05) is 39.6 Å². The summed E-state index contributed by atoms with van der Waals surface area (Å²) in [6.45, 7) is 25.2. The second-order valence-corrected chi connectivity index (χ2v) is 9.75. The predicted molar refractivity (Wildman–Crippen MR) is 171 cm³/mol. The van der Waals surface area contributed by atoms with Crippen LogP contribution in [0.5, 0.6) is 0 Å². The van der Waals surface area contributed by atoms with Crippen molar-refractivity contribution in [3.8, 4) is 0 Å². The number of nitrogens with one attached hydrogen (secondary N) is 3. The number of aryl methyl sites for hydroxylation is 1. The monoisotopic (exact) mass is 522 g/mol. The number of aliphatic imine (C=N–C) groups is 1. The molecule has 0 aromatic heterocycles. The number of carbonyl (C=O) groups excluding carboxylic acids is 1. The molecule has 1 unspecified atom stereocenters. The molecule has 3 N–H and O–H groups in total. The largest absolute Gasteiger partial charge is 0.389 e. The molecule has 1 fully saturated rings. The number of allylic oxidation sites excluding steroid dienone is 5. The molecule has 0 aliphatic heterocycles. The Morgan fingerprint density at radius 3 is 2.47 bits per heavy atom. The van der Waals surface area contributed by atoms with Crippen LogP contribution in [0.25, 0.3) is 0 Å². The summed E-state index contributed by atoms with van der Waals surface area (Å²) >= 11 is 0. The summed E-state index contributed by atoms with van der Waals surface area (Å²) in [7, 11) is 0. The van der Waals surface area contributed by atoms with Crippen molar-refractivity contribution in [1.82, 2.24) is 10.6 Å². The lowest BCUT2D eigenvalue weighted by molar-refractivity contribution is -0.115. The van der Waals surface area contributed by atoms with Crippen molar-refractivity contribution in [1.29, 1.82) is 0 Å². The molecule has 0 heterocycles. The molecule has 0 bridgehead atoms. The van der Waals surface area contributed by atoms with Gasteiger partial charge in [-0.05, 0) is 94.7 Å². The van der Waals surface area contributed by atoms with Crippen molar-refractivity contribution in [2.45, 2.75) is 86.7 Å². The van der Waals surface area contributed by atoms with Crippen molar-refractivity contribution in [3.05, 3.63) is 89.3 Å². The van der Waals surface area contributed by atoms with Crippen LogP contribution in [0.15, 0.2) is 83.2 Å². The first-order chi connectivity index (χ1) is 18.1. The maximum absolute atomic E-state index is 12.7. The molecule has 1 aliphatic rings. The third-order valence-corrected chi connectivity index (χ3v) is 6.27. The van der Waals surface area contributed by atoms with Crippen LogP contribution in [0.3, 0.4) is 0 Å². The average molecular weight is 523 g/mol. The second kappa shape index (κ2) is 17.4. The molecule has 38 heavy (non-hydrogen) atoms. The Morgan fingerprint density at radius 1 is 1.21 bits per heavy atom. The van der Waals surface area contributed by atoms with E-state index >= 15 is 0 Å². The number of benzene rings is 1. The number of anilines is 1. The average Bonchev–Trinajstić information content (AvgIpc) is 3.74. The highest BCUT2D eigenvalue weighted by Gasteiger charge is 2.22. The Morgan fingerprint density at radius 2 is 1.89 bits per heavy atom. The number of amides is 1. The number of nitrogens with zero attached hydrogens (tertiary/aromatic N) is 1. The van der Waals surface area contributed by atoms with E-state index in [1.165, 1.54) is 24.0 Å². The molecule has 1 aromatic rings. The third-order valence-electron chi connectivity index (χ3n) is 6.27. The molecule has 0 spiro atoms. The first-order valence-electron chi connectivity index (χ1n) is 13.9. The van der Waals surface area contributed by atoms with E-state index in [9.17, 15) is 4.79 Å². The molecular weight excluding hydrogens is 468 g/mol. The zero-order valence-electron chi connectivity index (χ0n) is 24.9. The summed E-state index contributed by atoms with van der Waals surface area (Å²) in [6.07, 6.45) is 12.5. The fourth-order valence-corrected chi connectivity index (χ4v) is 3.88. The van der Waals surface area contributed by atoms with Gasteiger partial charge in [0.05, 0.1) is 12.1 Å². The predicted octanol–water partition coefficient (Wildman–Crippen LogP) is 8.45. The SMILES string of the molecule is C=C/C(=C\C=C(/C)C1CC1)CC(=O)Nc1ccc(C)c([C@H](C)NC(C)C=N/C(=C/NCC)C(=C)C)c1.CC.[HH].[HH]. The Bertz CT molecular complexity index is 1070. The molecule has 1 aromatic carbocycles. The van der Waals surface area contributed by atoms with Crippen LogP contribution in [0.4, 0.5) is 5.69 Å². The molecule has 5 nitrogen and oxygen atoms in total. The summed E-state index contributed by atoms with van der Waals surface area (Å²) in [4.78, 5) is 17.3. The van der Waals surface area contributed by atoms with E-state index in [0.717, 1.165) is 40.6 Å². The molecule has 2 rings (SSSR count). The van der Waals surface area contributed by atoms with E-state index in [1.54, 1.807) is 6.08 Å². The topological polar surface area (TPSA) is 65.5 Å². The smallest absolute Gasteiger partial charge is 0.228 e. The Hall–Kier alpha value is -3.18. The lowest BCUT2D eigenvalue weighted by atomic mass is 10.0. The number of carbonyl (C=O) groups is 1. The van der Waals surface area contributed by atoms with Crippen molar-refractivity contribution < 1.29 is 7.65 Å². The van der Waals surface area contributed by atoms with Crippen molar-refractivity contribution >= 4 is 17.8 Å². The van der Waals surface area contributed by atoms with Gasteiger partial charge in [0.15, 0.2) is 0 Å². The Labute approximate surface area is 235 Å². The minimum Gasteiger partial charge on any atom is -0.389 e. The van der Waals surface area contributed by atoms with Crippen LogP contribution in [-0.4, -0.2) is 24.7 Å². The van der Waals surface area contributed by atoms with Gasteiger partial charge >= 0.3 is 0 Å².